The van der Waals surface area contributed by atoms with Crippen LogP contribution in [-0.4, -0.2) is 74.4 Å². The molecule has 0 radical (unpaired) electrons. The fourth-order valence-corrected chi connectivity index (χ4v) is 5.02. The number of carbonyl (C=O) groups excluding carboxylic acids is 1. The highest BCUT2D eigenvalue weighted by atomic mass is 19.4. The number of halogens is 3. The molecule has 2 aliphatic rings. The number of aromatic nitrogens is 3. The molecule has 2 aliphatic heterocycles. The maximum Gasteiger partial charge on any atom is 0.573 e. The van der Waals surface area contributed by atoms with E-state index in [1.165, 1.54) is 29.2 Å². The Hall–Kier alpha value is -3.83. The molecule has 9 nitrogen and oxygen atoms in total. The smallest absolute Gasteiger partial charge is 0.465 e. The Balaban J connectivity index is 1.31. The van der Waals surface area contributed by atoms with Crippen molar-refractivity contribution in [2.45, 2.75) is 18.8 Å². The van der Waals surface area contributed by atoms with E-state index in [2.05, 4.69) is 20.1 Å². The fourth-order valence-electron chi connectivity index (χ4n) is 5.02. The van der Waals surface area contributed by atoms with Gasteiger partial charge in [0.05, 0.1) is 0 Å². The summed E-state index contributed by atoms with van der Waals surface area (Å²) in [7, 11) is 0. The number of likely N-dealkylation sites (tertiary alicyclic amines) is 2. The number of nitrogens with zero attached hydrogens (tertiary/aromatic N) is 4. The second kappa shape index (κ2) is 8.19. The number of carbonyl (C=O) groups is 2. The van der Waals surface area contributed by atoms with Crippen molar-refractivity contribution in [3.63, 3.8) is 0 Å². The highest BCUT2D eigenvalue weighted by molar-refractivity contribution is 5.97. The molecule has 2 N–H and O–H groups in total. The molecule has 12 heteroatoms. The van der Waals surface area contributed by atoms with Gasteiger partial charge in [-0.05, 0) is 42.3 Å². The number of ether oxygens (including phenoxy) is 1. The van der Waals surface area contributed by atoms with Gasteiger partial charge >= 0.3 is 12.5 Å². The van der Waals surface area contributed by atoms with E-state index in [0.29, 0.717) is 48.2 Å². The van der Waals surface area contributed by atoms with Gasteiger partial charge in [0, 0.05) is 43.1 Å². The van der Waals surface area contributed by atoms with Gasteiger partial charge in [0.15, 0.2) is 0 Å². The van der Waals surface area contributed by atoms with Crippen molar-refractivity contribution < 1.29 is 32.6 Å². The van der Waals surface area contributed by atoms with Crippen LogP contribution >= 0.6 is 0 Å². The molecule has 178 valence electrons. The van der Waals surface area contributed by atoms with Crippen LogP contribution in [0.2, 0.25) is 0 Å². The lowest BCUT2D eigenvalue weighted by Crippen LogP contribution is -2.42. The average Bonchev–Trinajstić information content (AvgIpc) is 3.48. The number of aromatic amines is 1. The molecule has 2 fully saturated rings. The zero-order valence-corrected chi connectivity index (χ0v) is 17.7. The molecule has 1 aromatic heterocycles. The molecular formula is C22H20F3N5O4. The molecule has 0 bridgehead atoms. The monoisotopic (exact) mass is 475 g/mol. The predicted octanol–water partition coefficient (Wildman–Crippen LogP) is 3.15. The zero-order chi connectivity index (χ0) is 24.0. The van der Waals surface area contributed by atoms with E-state index in [4.69, 9.17) is 0 Å². The molecule has 3 heterocycles. The lowest BCUT2D eigenvalue weighted by Gasteiger charge is -2.27. The summed E-state index contributed by atoms with van der Waals surface area (Å²) in [6.45, 7) is 1.12. The van der Waals surface area contributed by atoms with Crippen molar-refractivity contribution in [1.82, 2.24) is 25.2 Å². The van der Waals surface area contributed by atoms with E-state index < -0.39 is 18.5 Å². The molecular weight excluding hydrogens is 455 g/mol. The second-order valence-electron chi connectivity index (χ2n) is 8.56. The van der Waals surface area contributed by atoms with Crippen molar-refractivity contribution in [2.24, 2.45) is 11.8 Å². The Bertz CT molecular complexity index is 1230. The number of hydrogen-bond acceptors (Lipinski definition) is 5. The minimum Gasteiger partial charge on any atom is -0.465 e. The van der Waals surface area contributed by atoms with Crippen molar-refractivity contribution >= 4 is 23.0 Å². The first-order chi connectivity index (χ1) is 16.2. The maximum atomic E-state index is 13.1. The topological polar surface area (TPSA) is 112 Å². The van der Waals surface area contributed by atoms with E-state index in [1.54, 1.807) is 23.1 Å². The Morgan fingerprint density at radius 3 is 2.50 bits per heavy atom. The molecule has 0 aliphatic carbocycles. The number of hydrogen-bond donors (Lipinski definition) is 2. The predicted molar refractivity (Wildman–Crippen MR) is 112 cm³/mol. The Labute approximate surface area is 191 Å². The molecule has 1 unspecified atom stereocenters. The fraction of sp³-hybridized carbons (Fsp3) is 0.364. The third kappa shape index (κ3) is 4.22. The van der Waals surface area contributed by atoms with Crippen molar-refractivity contribution in [3.05, 3.63) is 53.6 Å². The third-order valence-electron chi connectivity index (χ3n) is 6.52. The summed E-state index contributed by atoms with van der Waals surface area (Å²) in [6, 6.07) is 10.1. The number of amides is 2. The Kier molecular flexibility index (Phi) is 5.29. The van der Waals surface area contributed by atoms with Crippen LogP contribution < -0.4 is 4.74 Å². The lowest BCUT2D eigenvalue weighted by molar-refractivity contribution is -0.274. The molecule has 5 rings (SSSR count). The van der Waals surface area contributed by atoms with Crippen LogP contribution in [0.15, 0.2) is 42.5 Å². The molecule has 2 aromatic carbocycles. The molecule has 34 heavy (non-hydrogen) atoms. The Morgan fingerprint density at radius 1 is 1.06 bits per heavy atom. The van der Waals surface area contributed by atoms with Gasteiger partial charge in [-0.25, -0.2) is 4.79 Å². The van der Waals surface area contributed by atoms with E-state index >= 15 is 0 Å². The number of alkyl halides is 3. The first kappa shape index (κ1) is 22.0. The van der Waals surface area contributed by atoms with E-state index in [0.717, 1.165) is 0 Å². The van der Waals surface area contributed by atoms with Gasteiger partial charge in [-0.1, -0.05) is 12.1 Å². The minimum atomic E-state index is -4.78. The number of H-pyrrole nitrogens is 1. The zero-order valence-electron chi connectivity index (χ0n) is 17.7. The number of carboxylic acid groups (broad SMARTS) is 1. The highest BCUT2D eigenvalue weighted by Gasteiger charge is 2.49. The number of rotatable bonds is 4. The van der Waals surface area contributed by atoms with Gasteiger partial charge < -0.3 is 19.6 Å². The van der Waals surface area contributed by atoms with Crippen LogP contribution in [0.4, 0.5) is 18.0 Å². The van der Waals surface area contributed by atoms with Gasteiger partial charge in [-0.3, -0.25) is 4.79 Å². The number of fused-ring (bicyclic) bond motifs is 2. The lowest BCUT2D eigenvalue weighted by atomic mass is 9.90. The third-order valence-corrected chi connectivity index (χ3v) is 6.52. The van der Waals surface area contributed by atoms with Crippen LogP contribution in [0.25, 0.3) is 11.0 Å². The van der Waals surface area contributed by atoms with Gasteiger partial charge in [0.2, 0.25) is 0 Å². The normalized spacial score (nSPS) is 22.3. The first-order valence-electron chi connectivity index (χ1n) is 10.6. The maximum absolute atomic E-state index is 13.1. The molecule has 0 spiro atoms. The summed E-state index contributed by atoms with van der Waals surface area (Å²) < 4.78 is 41.1. The summed E-state index contributed by atoms with van der Waals surface area (Å²) in [4.78, 5) is 28.1. The molecule has 2 amide bonds. The minimum absolute atomic E-state index is 0.0198. The standard InChI is InChI=1S/C22H20F3N5O4/c23-22(24,25)34-15-4-1-12(2-5-15)7-19-16-11-29(9-14(16)10-30(19)21(32)33)20(31)13-3-6-17-18(8-13)27-28-26-17/h1-6,8,14,16,19H,7,9-11H2,(H,32,33)(H,26,27,28)/t14-,16+,19?/m0/s1. The van der Waals surface area contributed by atoms with E-state index in [1.807, 2.05) is 0 Å². The summed E-state index contributed by atoms with van der Waals surface area (Å²) in [6.07, 6.45) is -5.50. The van der Waals surface area contributed by atoms with E-state index in [9.17, 15) is 27.9 Å². The number of benzene rings is 2. The largest absolute Gasteiger partial charge is 0.573 e. The molecule has 0 saturated carbocycles. The van der Waals surface area contributed by atoms with Crippen LogP contribution in [0, 0.1) is 11.8 Å². The van der Waals surface area contributed by atoms with Crippen molar-refractivity contribution in [1.29, 1.82) is 0 Å². The molecule has 2 saturated heterocycles. The van der Waals surface area contributed by atoms with Gasteiger partial charge in [0.1, 0.15) is 16.8 Å². The summed E-state index contributed by atoms with van der Waals surface area (Å²) in [5.41, 5.74) is 2.40. The van der Waals surface area contributed by atoms with Crippen LogP contribution in [-0.2, 0) is 6.42 Å². The van der Waals surface area contributed by atoms with Crippen molar-refractivity contribution in [3.8, 4) is 5.75 Å². The van der Waals surface area contributed by atoms with Gasteiger partial charge in [0.25, 0.3) is 5.91 Å². The summed E-state index contributed by atoms with van der Waals surface area (Å²) >= 11 is 0. The highest BCUT2D eigenvalue weighted by Crippen LogP contribution is 2.38. The average molecular weight is 475 g/mol. The summed E-state index contributed by atoms with van der Waals surface area (Å²) in [5, 5.41) is 20.2. The number of nitrogens with one attached hydrogen (secondary N) is 1. The van der Waals surface area contributed by atoms with Crippen LogP contribution in [0.3, 0.4) is 0 Å². The SMILES string of the molecule is O=C(c1ccc2n[nH]nc2c1)N1C[C@H]2CN(C(=O)O)C(Cc3ccc(OC(F)(F)F)cc3)[C@@H]2C1. The second-order valence-corrected chi connectivity index (χ2v) is 8.56. The van der Waals surface area contributed by atoms with Gasteiger partial charge in [-0.2, -0.15) is 15.4 Å². The summed E-state index contributed by atoms with van der Waals surface area (Å²) in [5.74, 6) is -0.596. The molecule has 3 atom stereocenters. The van der Waals surface area contributed by atoms with Crippen LogP contribution in [0.5, 0.6) is 5.75 Å². The Morgan fingerprint density at radius 2 is 1.79 bits per heavy atom. The van der Waals surface area contributed by atoms with E-state index in [-0.39, 0.29) is 23.5 Å². The van der Waals surface area contributed by atoms with Gasteiger partial charge in [-0.15, -0.1) is 13.2 Å². The van der Waals surface area contributed by atoms with Crippen molar-refractivity contribution in [2.75, 3.05) is 19.6 Å². The quantitative estimate of drug-likeness (QED) is 0.600. The first-order valence-corrected chi connectivity index (χ1v) is 10.6. The van der Waals surface area contributed by atoms with Crippen LogP contribution in [0.1, 0.15) is 15.9 Å². The molecule has 3 aromatic rings.